The molecule has 0 radical (unpaired) electrons. The van der Waals surface area contributed by atoms with E-state index in [1.807, 2.05) is 31.2 Å². The van der Waals surface area contributed by atoms with Gasteiger partial charge in [-0.3, -0.25) is 4.79 Å². The van der Waals surface area contributed by atoms with E-state index in [0.717, 1.165) is 30.6 Å². The lowest BCUT2D eigenvalue weighted by Gasteiger charge is -2.25. The maximum Gasteiger partial charge on any atom is 0.252 e. The standard InChI is InChI=1S/C23H26N2O4S/c1-19-9-3-4-10-22(19)29-18-8-5-15-24-23(26)20-11-13-21(14-12-20)30(27,28)25-16-6-2-7-17-25/h3-4,9-14H,2,6-7,15-18H2,1H3,(H,24,26). The van der Waals surface area contributed by atoms with E-state index in [1.165, 1.54) is 28.6 Å². The highest BCUT2D eigenvalue weighted by Gasteiger charge is 2.25. The molecule has 0 spiro atoms. The second-order valence-corrected chi connectivity index (χ2v) is 9.02. The van der Waals surface area contributed by atoms with Crippen LogP contribution in [0.15, 0.2) is 53.4 Å². The normalized spacial score (nSPS) is 14.4. The van der Waals surface area contributed by atoms with Gasteiger partial charge in [-0.25, -0.2) is 8.42 Å². The van der Waals surface area contributed by atoms with E-state index in [-0.39, 0.29) is 24.0 Å². The third kappa shape index (κ3) is 5.62. The van der Waals surface area contributed by atoms with Gasteiger partial charge >= 0.3 is 0 Å². The van der Waals surface area contributed by atoms with Gasteiger partial charge < -0.3 is 10.1 Å². The van der Waals surface area contributed by atoms with Gasteiger partial charge in [0, 0.05) is 18.7 Å². The van der Waals surface area contributed by atoms with Gasteiger partial charge in [-0.15, -0.1) is 0 Å². The summed E-state index contributed by atoms with van der Waals surface area (Å²) in [6.45, 7) is 3.49. The molecule has 30 heavy (non-hydrogen) atoms. The van der Waals surface area contributed by atoms with Crippen LogP contribution in [0.2, 0.25) is 0 Å². The van der Waals surface area contributed by atoms with Crippen molar-refractivity contribution in [2.24, 2.45) is 0 Å². The molecule has 2 aromatic carbocycles. The van der Waals surface area contributed by atoms with E-state index in [4.69, 9.17) is 4.74 Å². The molecule has 0 saturated carbocycles. The predicted octanol–water partition coefficient (Wildman–Crippen LogP) is 2.98. The number of ether oxygens (including phenoxy) is 1. The Morgan fingerprint density at radius 2 is 1.73 bits per heavy atom. The molecule has 158 valence electrons. The first kappa shape index (κ1) is 21.9. The van der Waals surface area contributed by atoms with E-state index in [1.54, 1.807) is 0 Å². The fraction of sp³-hybridized carbons (Fsp3) is 0.348. The summed E-state index contributed by atoms with van der Waals surface area (Å²) in [5.74, 6) is 6.19. The molecule has 1 amide bonds. The number of carbonyl (C=O) groups excluding carboxylic acids is 1. The average molecular weight is 427 g/mol. The number of rotatable bonds is 6. The van der Waals surface area contributed by atoms with Crippen molar-refractivity contribution < 1.29 is 17.9 Å². The van der Waals surface area contributed by atoms with Crippen molar-refractivity contribution in [3.8, 4) is 17.6 Å². The van der Waals surface area contributed by atoms with Crippen LogP contribution in [0, 0.1) is 18.8 Å². The maximum absolute atomic E-state index is 12.7. The number of sulfonamides is 1. The molecule has 1 fully saturated rings. The maximum atomic E-state index is 12.7. The van der Waals surface area contributed by atoms with Gasteiger partial charge in [0.15, 0.2) is 0 Å². The zero-order chi connectivity index (χ0) is 21.4. The summed E-state index contributed by atoms with van der Waals surface area (Å²) in [7, 11) is -3.49. The number of hydrogen-bond donors (Lipinski definition) is 1. The van der Waals surface area contributed by atoms with E-state index < -0.39 is 10.0 Å². The molecule has 1 heterocycles. The van der Waals surface area contributed by atoms with Crippen LogP contribution in [0.4, 0.5) is 0 Å². The number of aryl methyl sites for hydroxylation is 1. The number of hydrogen-bond acceptors (Lipinski definition) is 4. The number of nitrogens with one attached hydrogen (secondary N) is 1. The molecule has 1 aliphatic heterocycles. The zero-order valence-electron chi connectivity index (χ0n) is 17.1. The molecule has 7 heteroatoms. The van der Waals surface area contributed by atoms with Crippen molar-refractivity contribution in [1.29, 1.82) is 0 Å². The first-order valence-electron chi connectivity index (χ1n) is 10.0. The van der Waals surface area contributed by atoms with Gasteiger partial charge in [-0.1, -0.05) is 36.5 Å². The van der Waals surface area contributed by atoms with Crippen LogP contribution < -0.4 is 10.1 Å². The first-order valence-corrected chi connectivity index (χ1v) is 11.4. The number of para-hydroxylation sites is 1. The van der Waals surface area contributed by atoms with Crippen LogP contribution in [-0.2, 0) is 10.0 Å². The van der Waals surface area contributed by atoms with Crippen molar-refractivity contribution >= 4 is 15.9 Å². The Balaban J connectivity index is 1.49. The molecule has 6 nitrogen and oxygen atoms in total. The second-order valence-electron chi connectivity index (χ2n) is 7.08. The lowest BCUT2D eigenvalue weighted by molar-refractivity contribution is 0.0958. The summed E-state index contributed by atoms with van der Waals surface area (Å²) in [4.78, 5) is 12.5. The van der Waals surface area contributed by atoms with Gasteiger partial charge in [-0.05, 0) is 55.7 Å². The molecule has 0 aromatic heterocycles. The van der Waals surface area contributed by atoms with Gasteiger partial charge in [0.2, 0.25) is 10.0 Å². The predicted molar refractivity (Wildman–Crippen MR) is 116 cm³/mol. The van der Waals surface area contributed by atoms with Gasteiger partial charge in [0.25, 0.3) is 5.91 Å². The van der Waals surface area contributed by atoms with Crippen molar-refractivity contribution in [3.05, 3.63) is 59.7 Å². The third-order valence-electron chi connectivity index (χ3n) is 4.93. The fourth-order valence-electron chi connectivity index (χ4n) is 3.20. The fourth-order valence-corrected chi connectivity index (χ4v) is 4.72. The molecular formula is C23H26N2O4S. The van der Waals surface area contributed by atoms with Crippen LogP contribution >= 0.6 is 0 Å². The van der Waals surface area contributed by atoms with Crippen LogP contribution in [0.3, 0.4) is 0 Å². The highest BCUT2D eigenvalue weighted by Crippen LogP contribution is 2.21. The minimum absolute atomic E-state index is 0.184. The SMILES string of the molecule is Cc1ccccc1OCC#CCNC(=O)c1ccc(S(=O)(=O)N2CCCCC2)cc1. The van der Waals surface area contributed by atoms with Gasteiger partial charge in [0.1, 0.15) is 12.4 Å². The Hall–Kier alpha value is -2.82. The molecule has 1 aliphatic rings. The van der Waals surface area contributed by atoms with Gasteiger partial charge in [-0.2, -0.15) is 4.31 Å². The topological polar surface area (TPSA) is 75.7 Å². The smallest absolute Gasteiger partial charge is 0.252 e. The molecule has 2 aromatic rings. The van der Waals surface area contributed by atoms with E-state index in [2.05, 4.69) is 17.2 Å². The Morgan fingerprint density at radius 3 is 2.43 bits per heavy atom. The molecule has 3 rings (SSSR count). The largest absolute Gasteiger partial charge is 0.481 e. The summed E-state index contributed by atoms with van der Waals surface area (Å²) in [6, 6.07) is 13.7. The number of piperidine rings is 1. The summed E-state index contributed by atoms with van der Waals surface area (Å²) in [6.07, 6.45) is 2.83. The lowest BCUT2D eigenvalue weighted by atomic mass is 10.2. The highest BCUT2D eigenvalue weighted by molar-refractivity contribution is 7.89. The summed E-state index contributed by atoms with van der Waals surface area (Å²) < 4.78 is 32.4. The number of amides is 1. The molecule has 0 atom stereocenters. The van der Waals surface area contributed by atoms with Crippen molar-refractivity contribution in [2.75, 3.05) is 26.2 Å². The van der Waals surface area contributed by atoms with Crippen molar-refractivity contribution in [1.82, 2.24) is 9.62 Å². The summed E-state index contributed by atoms with van der Waals surface area (Å²) in [5.41, 5.74) is 1.43. The summed E-state index contributed by atoms with van der Waals surface area (Å²) in [5, 5.41) is 2.70. The monoisotopic (exact) mass is 426 g/mol. The molecule has 1 saturated heterocycles. The Morgan fingerprint density at radius 1 is 1.03 bits per heavy atom. The molecular weight excluding hydrogens is 400 g/mol. The minimum Gasteiger partial charge on any atom is -0.481 e. The highest BCUT2D eigenvalue weighted by atomic mass is 32.2. The number of nitrogens with zero attached hydrogens (tertiary/aromatic N) is 1. The molecule has 1 N–H and O–H groups in total. The second kappa shape index (κ2) is 10.3. The van der Waals surface area contributed by atoms with Crippen LogP contribution in [0.1, 0.15) is 35.2 Å². The number of carbonyl (C=O) groups is 1. The van der Waals surface area contributed by atoms with Crippen molar-refractivity contribution in [3.63, 3.8) is 0 Å². The Bertz CT molecular complexity index is 1030. The first-order chi connectivity index (χ1) is 14.5. The average Bonchev–Trinajstić information content (AvgIpc) is 2.78. The van der Waals surface area contributed by atoms with E-state index in [9.17, 15) is 13.2 Å². The van der Waals surface area contributed by atoms with Crippen LogP contribution in [0.5, 0.6) is 5.75 Å². The number of benzene rings is 2. The quantitative estimate of drug-likeness (QED) is 0.721. The Labute approximate surface area is 178 Å². The van der Waals surface area contributed by atoms with Crippen LogP contribution in [0.25, 0.3) is 0 Å². The summed E-state index contributed by atoms with van der Waals surface area (Å²) >= 11 is 0. The third-order valence-corrected chi connectivity index (χ3v) is 6.84. The Kier molecular flexibility index (Phi) is 7.50. The molecule has 0 aliphatic carbocycles. The van der Waals surface area contributed by atoms with E-state index >= 15 is 0 Å². The zero-order valence-corrected chi connectivity index (χ0v) is 17.9. The van der Waals surface area contributed by atoms with E-state index in [0.29, 0.717) is 18.7 Å². The van der Waals surface area contributed by atoms with Crippen LogP contribution in [-0.4, -0.2) is 44.9 Å². The van der Waals surface area contributed by atoms with Crippen molar-refractivity contribution in [2.45, 2.75) is 31.1 Å². The minimum atomic E-state index is -3.49. The molecule has 0 bridgehead atoms. The molecule has 0 unspecified atom stereocenters. The van der Waals surface area contributed by atoms with Gasteiger partial charge in [0.05, 0.1) is 11.4 Å². The lowest BCUT2D eigenvalue weighted by Crippen LogP contribution is -2.35.